The first kappa shape index (κ1) is 13.3. The zero-order valence-electron chi connectivity index (χ0n) is 9.93. The highest BCUT2D eigenvalue weighted by molar-refractivity contribution is 5.81. The maximum absolute atomic E-state index is 10.6. The molecule has 0 atom stereocenters. The zero-order valence-corrected chi connectivity index (χ0v) is 9.93. The summed E-state index contributed by atoms with van der Waals surface area (Å²) in [6.45, 7) is 1.05. The molecule has 0 spiro atoms. The highest BCUT2D eigenvalue weighted by atomic mass is 16.5. The fourth-order valence-corrected chi connectivity index (χ4v) is 1.32. The van der Waals surface area contributed by atoms with Crippen LogP contribution in [-0.2, 0) is 4.74 Å². The Labute approximate surface area is 99.9 Å². The van der Waals surface area contributed by atoms with E-state index in [4.69, 9.17) is 14.2 Å². The molecule has 0 heterocycles. The molecule has 0 saturated heterocycles. The number of carbonyl (C=O) groups is 1. The van der Waals surface area contributed by atoms with Gasteiger partial charge in [0.1, 0.15) is 5.75 Å². The van der Waals surface area contributed by atoms with Crippen molar-refractivity contribution in [2.24, 2.45) is 0 Å². The van der Waals surface area contributed by atoms with Crippen LogP contribution in [0, 0.1) is 0 Å². The van der Waals surface area contributed by atoms with E-state index in [0.717, 1.165) is 6.42 Å². The molecule has 0 aliphatic heterocycles. The number of ether oxygens (including phenoxy) is 3. The van der Waals surface area contributed by atoms with E-state index in [1.807, 2.05) is 0 Å². The second-order valence-electron chi connectivity index (χ2n) is 3.37. The third-order valence-electron chi connectivity index (χ3n) is 2.19. The molecule has 94 valence electrons. The molecular weight excluding hydrogens is 224 g/mol. The summed E-state index contributed by atoms with van der Waals surface area (Å²) in [5.74, 6) is 0.705. The van der Waals surface area contributed by atoms with Gasteiger partial charge in [0.05, 0.1) is 19.3 Å². The Morgan fingerprint density at radius 3 is 2.59 bits per heavy atom. The van der Waals surface area contributed by atoms with Gasteiger partial charge in [0.2, 0.25) is 0 Å². The molecule has 0 saturated carbocycles. The number of benzene rings is 1. The maximum atomic E-state index is 10.6. The molecule has 0 unspecified atom stereocenters. The summed E-state index contributed by atoms with van der Waals surface area (Å²) in [6, 6.07) is 2.81. The van der Waals surface area contributed by atoms with Gasteiger partial charge in [-0.2, -0.15) is 0 Å². The first-order valence-corrected chi connectivity index (χ1v) is 5.20. The molecule has 0 fully saturated rings. The monoisotopic (exact) mass is 240 g/mol. The Hall–Kier alpha value is -1.75. The lowest BCUT2D eigenvalue weighted by Gasteiger charge is -2.11. The number of rotatable bonds is 7. The number of aldehydes is 1. The molecule has 1 aromatic carbocycles. The lowest BCUT2D eigenvalue weighted by molar-refractivity contribution is 0.112. The maximum Gasteiger partial charge on any atom is 0.164 e. The van der Waals surface area contributed by atoms with Gasteiger partial charge >= 0.3 is 0 Å². The normalized spacial score (nSPS) is 10.0. The summed E-state index contributed by atoms with van der Waals surface area (Å²) in [7, 11) is 3.09. The average Bonchev–Trinajstić information content (AvgIpc) is 2.35. The van der Waals surface area contributed by atoms with Crippen LogP contribution >= 0.6 is 0 Å². The van der Waals surface area contributed by atoms with Crippen LogP contribution in [0.1, 0.15) is 16.8 Å². The quantitative estimate of drug-likeness (QED) is 0.579. The van der Waals surface area contributed by atoms with E-state index >= 15 is 0 Å². The molecule has 17 heavy (non-hydrogen) atoms. The third-order valence-corrected chi connectivity index (χ3v) is 2.19. The Morgan fingerprint density at radius 2 is 2.00 bits per heavy atom. The molecule has 5 nitrogen and oxygen atoms in total. The standard InChI is InChI=1S/C12H16O5/c1-15-4-3-5-17-12-7-10(14)9(8-13)6-11(12)16-2/h6-8,14H,3-5H2,1-2H3. The van der Waals surface area contributed by atoms with Crippen molar-refractivity contribution in [3.63, 3.8) is 0 Å². The number of carbonyl (C=O) groups excluding carboxylic acids is 1. The van der Waals surface area contributed by atoms with Gasteiger partial charge in [0, 0.05) is 26.2 Å². The zero-order chi connectivity index (χ0) is 12.7. The molecule has 1 N–H and O–H groups in total. The lowest BCUT2D eigenvalue weighted by Crippen LogP contribution is -2.03. The molecule has 0 radical (unpaired) electrons. The van der Waals surface area contributed by atoms with E-state index in [1.54, 1.807) is 7.11 Å². The number of phenolic OH excluding ortho intramolecular Hbond substituents is 1. The SMILES string of the molecule is COCCCOc1cc(O)c(C=O)cc1OC. The summed E-state index contributed by atoms with van der Waals surface area (Å²) < 4.78 is 15.4. The minimum atomic E-state index is -0.123. The van der Waals surface area contributed by atoms with Crippen molar-refractivity contribution in [1.29, 1.82) is 0 Å². The van der Waals surface area contributed by atoms with Crippen LogP contribution in [0.2, 0.25) is 0 Å². The second kappa shape index (κ2) is 6.75. The van der Waals surface area contributed by atoms with Crippen LogP contribution in [0.4, 0.5) is 0 Å². The predicted octanol–water partition coefficient (Wildman–Crippen LogP) is 1.63. The molecule has 0 amide bonds. The summed E-state index contributed by atoms with van der Waals surface area (Å²) >= 11 is 0. The van der Waals surface area contributed by atoms with E-state index < -0.39 is 0 Å². The smallest absolute Gasteiger partial charge is 0.164 e. The van der Waals surface area contributed by atoms with Crippen molar-refractivity contribution < 1.29 is 24.1 Å². The van der Waals surface area contributed by atoms with Crippen molar-refractivity contribution in [2.75, 3.05) is 27.4 Å². The molecule has 0 aromatic heterocycles. The Balaban J connectivity index is 2.76. The molecule has 0 aliphatic rings. The highest BCUT2D eigenvalue weighted by Gasteiger charge is 2.10. The van der Waals surface area contributed by atoms with Crippen LogP contribution in [0.3, 0.4) is 0 Å². The molecule has 1 rings (SSSR count). The first-order valence-electron chi connectivity index (χ1n) is 5.20. The molecule has 5 heteroatoms. The predicted molar refractivity (Wildman–Crippen MR) is 62.0 cm³/mol. The summed E-state index contributed by atoms with van der Waals surface area (Å²) in [5.41, 5.74) is 0.172. The molecule has 1 aromatic rings. The first-order chi connectivity index (χ1) is 8.22. The van der Waals surface area contributed by atoms with Gasteiger partial charge in [0.15, 0.2) is 17.8 Å². The number of methoxy groups -OCH3 is 2. The van der Waals surface area contributed by atoms with E-state index in [0.29, 0.717) is 31.0 Å². The van der Waals surface area contributed by atoms with E-state index in [9.17, 15) is 9.90 Å². The van der Waals surface area contributed by atoms with Gasteiger partial charge in [-0.25, -0.2) is 0 Å². The highest BCUT2D eigenvalue weighted by Crippen LogP contribution is 2.33. The number of aromatic hydroxyl groups is 1. The van der Waals surface area contributed by atoms with Gasteiger partial charge < -0.3 is 19.3 Å². The van der Waals surface area contributed by atoms with Crippen molar-refractivity contribution in [2.45, 2.75) is 6.42 Å². The summed E-state index contributed by atoms with van der Waals surface area (Å²) in [5, 5.41) is 9.52. The van der Waals surface area contributed by atoms with Crippen molar-refractivity contribution in [1.82, 2.24) is 0 Å². The molecule has 0 bridgehead atoms. The average molecular weight is 240 g/mol. The Kier molecular flexibility index (Phi) is 5.29. The van der Waals surface area contributed by atoms with E-state index in [2.05, 4.69) is 0 Å². The molecular formula is C12H16O5. The minimum absolute atomic E-state index is 0.123. The number of hydrogen-bond donors (Lipinski definition) is 1. The summed E-state index contributed by atoms with van der Waals surface area (Å²) in [6.07, 6.45) is 1.29. The fourth-order valence-electron chi connectivity index (χ4n) is 1.32. The van der Waals surface area contributed by atoms with Gasteiger partial charge in [-0.1, -0.05) is 0 Å². The van der Waals surface area contributed by atoms with Gasteiger partial charge in [-0.3, -0.25) is 4.79 Å². The topological polar surface area (TPSA) is 65.0 Å². The largest absolute Gasteiger partial charge is 0.507 e. The van der Waals surface area contributed by atoms with Gasteiger partial charge in [0.25, 0.3) is 0 Å². The van der Waals surface area contributed by atoms with Crippen molar-refractivity contribution in [3.05, 3.63) is 17.7 Å². The van der Waals surface area contributed by atoms with Crippen LogP contribution in [0.5, 0.6) is 17.2 Å². The Bertz CT molecular complexity index is 375. The minimum Gasteiger partial charge on any atom is -0.507 e. The van der Waals surface area contributed by atoms with Crippen molar-refractivity contribution >= 4 is 6.29 Å². The second-order valence-corrected chi connectivity index (χ2v) is 3.37. The van der Waals surface area contributed by atoms with Crippen LogP contribution in [0.25, 0.3) is 0 Å². The number of phenols is 1. The fraction of sp³-hybridized carbons (Fsp3) is 0.417. The Morgan fingerprint density at radius 1 is 1.24 bits per heavy atom. The van der Waals surface area contributed by atoms with Crippen LogP contribution in [-0.4, -0.2) is 38.8 Å². The van der Waals surface area contributed by atoms with Crippen LogP contribution < -0.4 is 9.47 Å². The number of hydrogen-bond acceptors (Lipinski definition) is 5. The van der Waals surface area contributed by atoms with Crippen molar-refractivity contribution in [3.8, 4) is 17.2 Å². The van der Waals surface area contributed by atoms with E-state index in [1.165, 1.54) is 19.2 Å². The lowest BCUT2D eigenvalue weighted by atomic mass is 10.2. The van der Waals surface area contributed by atoms with Gasteiger partial charge in [-0.05, 0) is 6.07 Å². The van der Waals surface area contributed by atoms with Gasteiger partial charge in [-0.15, -0.1) is 0 Å². The van der Waals surface area contributed by atoms with E-state index in [-0.39, 0.29) is 11.3 Å². The third kappa shape index (κ3) is 3.64. The van der Waals surface area contributed by atoms with Crippen LogP contribution in [0.15, 0.2) is 12.1 Å². The molecule has 0 aliphatic carbocycles. The summed E-state index contributed by atoms with van der Waals surface area (Å²) in [4.78, 5) is 10.6.